The van der Waals surface area contributed by atoms with Crippen LogP contribution < -0.4 is 5.14 Å². The first-order valence-electron chi connectivity index (χ1n) is 9.57. The maximum Gasteiger partial charge on any atom is 0.433 e. The summed E-state index contributed by atoms with van der Waals surface area (Å²) in [5, 5.41) is 9.20. The molecule has 0 saturated carbocycles. The van der Waals surface area contributed by atoms with Crippen LogP contribution in [0.25, 0.3) is 22.4 Å². The van der Waals surface area contributed by atoms with Gasteiger partial charge in [-0.1, -0.05) is 24.3 Å². The minimum atomic E-state index is -4.84. The summed E-state index contributed by atoms with van der Waals surface area (Å²) in [6.07, 6.45) is -3.00. The lowest BCUT2D eigenvalue weighted by molar-refractivity contribution is -0.149. The third-order valence-corrected chi connectivity index (χ3v) is 6.31. The Balaban J connectivity index is 2.28. The Morgan fingerprint density at radius 1 is 1.09 bits per heavy atom. The first-order chi connectivity index (χ1) is 15.5. The molecular weight excluding hydrogens is 479 g/mol. The molecule has 0 saturated heterocycles. The van der Waals surface area contributed by atoms with E-state index in [0.29, 0.717) is 4.68 Å². The van der Waals surface area contributed by atoms with Crippen molar-refractivity contribution in [2.75, 3.05) is 12.9 Å². The van der Waals surface area contributed by atoms with Crippen molar-refractivity contribution in [3.8, 4) is 22.4 Å². The second-order valence-electron chi connectivity index (χ2n) is 6.83. The number of esters is 1. The Morgan fingerprint density at radius 3 is 2.15 bits per heavy atom. The molecule has 33 heavy (non-hydrogen) atoms. The maximum atomic E-state index is 14.2. The summed E-state index contributed by atoms with van der Waals surface area (Å²) in [7, 11) is -3.99. The molecule has 1 aromatic heterocycles. The van der Waals surface area contributed by atoms with Crippen LogP contribution in [-0.4, -0.2) is 37.0 Å². The number of hydrogen-bond acceptors (Lipinski definition) is 6. The number of halogens is 3. The van der Waals surface area contributed by atoms with Gasteiger partial charge in [-0.05, 0) is 43.0 Å². The van der Waals surface area contributed by atoms with Crippen LogP contribution in [0.5, 0.6) is 0 Å². The van der Waals surface area contributed by atoms with Crippen molar-refractivity contribution < 1.29 is 31.1 Å². The van der Waals surface area contributed by atoms with Gasteiger partial charge < -0.3 is 4.74 Å². The zero-order valence-corrected chi connectivity index (χ0v) is 19.2. The molecule has 0 amide bonds. The van der Waals surface area contributed by atoms with Gasteiger partial charge in [-0.2, -0.15) is 18.3 Å². The van der Waals surface area contributed by atoms with Crippen molar-refractivity contribution in [1.82, 2.24) is 9.78 Å². The van der Waals surface area contributed by atoms with E-state index in [1.165, 1.54) is 48.2 Å². The van der Waals surface area contributed by atoms with Crippen molar-refractivity contribution in [1.29, 1.82) is 0 Å². The van der Waals surface area contributed by atoms with Crippen molar-refractivity contribution in [3.63, 3.8) is 0 Å². The van der Waals surface area contributed by atoms with Gasteiger partial charge in [0.05, 0.1) is 11.5 Å². The molecule has 3 rings (SSSR count). The molecule has 12 heteroatoms. The van der Waals surface area contributed by atoms with E-state index >= 15 is 0 Å². The molecule has 0 bridgehead atoms. The molecule has 2 N–H and O–H groups in total. The highest BCUT2D eigenvalue weighted by Gasteiger charge is 2.41. The number of ether oxygens (including phenoxy) is 1. The summed E-state index contributed by atoms with van der Waals surface area (Å²) in [4.78, 5) is 12.6. The lowest BCUT2D eigenvalue weighted by atomic mass is 9.98. The number of carbonyl (C=O) groups excluding carboxylic acids is 1. The standard InChI is InChI=1S/C21H20F3N3O4S2/c1-3-31-17(28)12-27-20(21(22,23)24)18(13-4-8-15(32-2)9-5-13)19(26-27)14-6-10-16(11-7-14)33(25,29)30/h4-11H,3,12H2,1-2H3,(H2,25,29,30). The largest absolute Gasteiger partial charge is 0.465 e. The van der Waals surface area contributed by atoms with Crippen molar-refractivity contribution in [2.45, 2.75) is 29.4 Å². The maximum absolute atomic E-state index is 14.2. The Labute approximate surface area is 192 Å². The summed E-state index contributed by atoms with van der Waals surface area (Å²) in [6.45, 7) is 0.809. The second kappa shape index (κ2) is 9.57. The number of sulfonamides is 1. The molecule has 0 aliphatic carbocycles. The zero-order valence-electron chi connectivity index (χ0n) is 17.6. The van der Waals surface area contributed by atoms with Gasteiger partial charge >= 0.3 is 12.1 Å². The van der Waals surface area contributed by atoms with Crippen LogP contribution in [0.3, 0.4) is 0 Å². The van der Waals surface area contributed by atoms with Crippen LogP contribution >= 0.6 is 11.8 Å². The highest BCUT2D eigenvalue weighted by molar-refractivity contribution is 7.98. The number of nitrogens with two attached hydrogens (primary N) is 1. The molecule has 176 valence electrons. The van der Waals surface area contributed by atoms with E-state index in [2.05, 4.69) is 5.10 Å². The quantitative estimate of drug-likeness (QED) is 0.387. The van der Waals surface area contributed by atoms with Gasteiger partial charge in [-0.3, -0.25) is 4.79 Å². The zero-order chi connectivity index (χ0) is 24.4. The number of benzene rings is 2. The van der Waals surface area contributed by atoms with Gasteiger partial charge in [0.1, 0.15) is 12.2 Å². The summed E-state index contributed by atoms with van der Waals surface area (Å²) in [6, 6.07) is 11.4. The molecule has 0 aliphatic rings. The second-order valence-corrected chi connectivity index (χ2v) is 9.27. The first kappa shape index (κ1) is 24.8. The predicted octanol–water partition coefficient (Wildman–Crippen LogP) is 4.17. The average Bonchev–Trinajstić information content (AvgIpc) is 3.13. The van der Waals surface area contributed by atoms with Crippen molar-refractivity contribution in [3.05, 3.63) is 54.2 Å². The molecule has 7 nitrogen and oxygen atoms in total. The molecule has 2 aromatic carbocycles. The van der Waals surface area contributed by atoms with E-state index in [9.17, 15) is 26.4 Å². The number of nitrogens with zero attached hydrogens (tertiary/aromatic N) is 2. The molecule has 0 unspecified atom stereocenters. The highest BCUT2D eigenvalue weighted by Crippen LogP contribution is 2.43. The third kappa shape index (κ3) is 5.57. The van der Waals surface area contributed by atoms with E-state index in [1.54, 1.807) is 19.1 Å². The van der Waals surface area contributed by atoms with Crippen LogP contribution in [0.4, 0.5) is 13.2 Å². The summed E-state index contributed by atoms with van der Waals surface area (Å²) in [5.74, 6) is -0.870. The van der Waals surface area contributed by atoms with Crippen LogP contribution in [0.15, 0.2) is 58.3 Å². The number of rotatable bonds is 7. The van der Waals surface area contributed by atoms with E-state index in [-0.39, 0.29) is 33.9 Å². The minimum Gasteiger partial charge on any atom is -0.465 e. The lowest BCUT2D eigenvalue weighted by Gasteiger charge is -2.13. The molecule has 0 radical (unpaired) electrons. The molecule has 0 fully saturated rings. The molecule has 0 atom stereocenters. The van der Waals surface area contributed by atoms with E-state index in [1.807, 2.05) is 6.26 Å². The van der Waals surface area contributed by atoms with Crippen LogP contribution in [0.1, 0.15) is 12.6 Å². The van der Waals surface area contributed by atoms with Gasteiger partial charge in [-0.15, -0.1) is 11.8 Å². The van der Waals surface area contributed by atoms with Gasteiger partial charge in [0, 0.05) is 16.0 Å². The van der Waals surface area contributed by atoms with E-state index in [4.69, 9.17) is 9.88 Å². The smallest absolute Gasteiger partial charge is 0.433 e. The lowest BCUT2D eigenvalue weighted by Crippen LogP contribution is -2.21. The molecule has 1 heterocycles. The van der Waals surface area contributed by atoms with Gasteiger partial charge in [0.15, 0.2) is 5.69 Å². The fourth-order valence-electron chi connectivity index (χ4n) is 3.23. The number of hydrogen-bond donors (Lipinski definition) is 1. The predicted molar refractivity (Wildman–Crippen MR) is 118 cm³/mol. The first-order valence-corrected chi connectivity index (χ1v) is 12.3. The topological polar surface area (TPSA) is 104 Å². The monoisotopic (exact) mass is 499 g/mol. The summed E-state index contributed by atoms with van der Waals surface area (Å²) in [5.41, 5.74) is -0.953. The number of carbonyl (C=O) groups is 1. The molecular formula is C21H20F3N3O4S2. The SMILES string of the molecule is CCOC(=O)Cn1nc(-c2ccc(S(N)(=O)=O)cc2)c(-c2ccc(SC)cc2)c1C(F)(F)F. The normalized spacial score (nSPS) is 12.1. The molecule has 0 aliphatic heterocycles. The fraction of sp³-hybridized carbons (Fsp3) is 0.238. The Morgan fingerprint density at radius 2 is 1.67 bits per heavy atom. The van der Waals surface area contributed by atoms with E-state index < -0.39 is 34.4 Å². The number of primary sulfonamides is 1. The van der Waals surface area contributed by atoms with Crippen molar-refractivity contribution >= 4 is 27.8 Å². The Kier molecular flexibility index (Phi) is 7.20. The number of thioether (sulfide) groups is 1. The van der Waals surface area contributed by atoms with Crippen LogP contribution in [-0.2, 0) is 32.3 Å². The molecule has 0 spiro atoms. The number of aromatic nitrogens is 2. The Bertz CT molecular complexity index is 1250. The average molecular weight is 500 g/mol. The van der Waals surface area contributed by atoms with E-state index in [0.717, 1.165) is 4.90 Å². The van der Waals surface area contributed by atoms with Gasteiger partial charge in [-0.25, -0.2) is 18.2 Å². The minimum absolute atomic E-state index is 0.00629. The Hall–Kier alpha value is -2.83. The third-order valence-electron chi connectivity index (χ3n) is 4.64. The van der Waals surface area contributed by atoms with Crippen molar-refractivity contribution in [2.24, 2.45) is 5.14 Å². The highest BCUT2D eigenvalue weighted by atomic mass is 32.2. The van der Waals surface area contributed by atoms with Gasteiger partial charge in [0.2, 0.25) is 10.0 Å². The summed E-state index contributed by atoms with van der Waals surface area (Å²) >= 11 is 1.43. The van der Waals surface area contributed by atoms with Crippen LogP contribution in [0, 0.1) is 0 Å². The van der Waals surface area contributed by atoms with Crippen LogP contribution in [0.2, 0.25) is 0 Å². The summed E-state index contributed by atoms with van der Waals surface area (Å²) < 4.78 is 71.1. The van der Waals surface area contributed by atoms with Gasteiger partial charge in [0.25, 0.3) is 0 Å². The molecule has 3 aromatic rings. The number of alkyl halides is 3. The fourth-order valence-corrected chi connectivity index (χ4v) is 4.15.